The van der Waals surface area contributed by atoms with Gasteiger partial charge in [-0.25, -0.2) is 23.9 Å². The number of imide groups is 1. The first kappa shape index (κ1) is 24.2. The summed E-state index contributed by atoms with van der Waals surface area (Å²) in [7, 11) is 1.45. The van der Waals surface area contributed by atoms with Gasteiger partial charge in [0.15, 0.2) is 5.82 Å². The molecule has 1 aromatic heterocycles. The molecule has 8 nitrogen and oxygen atoms in total. The minimum absolute atomic E-state index is 0.175. The number of amides is 4. The molecule has 0 aliphatic carbocycles. The van der Waals surface area contributed by atoms with Crippen LogP contribution in [0.25, 0.3) is 11.3 Å². The fraction of sp³-hybridized carbons (Fsp3) is 0.200. The molecule has 0 saturated carbocycles. The number of carbonyl (C=O) groups is 2. The lowest BCUT2D eigenvalue weighted by Gasteiger charge is -2.20. The molecule has 0 atom stereocenters. The van der Waals surface area contributed by atoms with Gasteiger partial charge in [-0.1, -0.05) is 30.3 Å². The van der Waals surface area contributed by atoms with Gasteiger partial charge in [0, 0.05) is 25.7 Å². The van der Waals surface area contributed by atoms with E-state index < -0.39 is 12.1 Å². The van der Waals surface area contributed by atoms with Gasteiger partial charge in [-0.3, -0.25) is 0 Å². The number of carbonyl (C=O) groups excluding carboxylic acids is 2. The third-order valence-electron chi connectivity index (χ3n) is 5.08. The summed E-state index contributed by atoms with van der Waals surface area (Å²) in [5, 5.41) is 17.8. The lowest BCUT2D eigenvalue weighted by atomic mass is 10.0. The molecule has 2 aromatic carbocycles. The zero-order valence-corrected chi connectivity index (χ0v) is 18.9. The third-order valence-corrected chi connectivity index (χ3v) is 5.08. The summed E-state index contributed by atoms with van der Waals surface area (Å²) >= 11 is 0. The van der Waals surface area contributed by atoms with Crippen LogP contribution in [0.4, 0.5) is 25.5 Å². The quantitative estimate of drug-likeness (QED) is 0.477. The van der Waals surface area contributed by atoms with Crippen LogP contribution in [0.5, 0.6) is 0 Å². The Morgan fingerprint density at radius 1 is 1.09 bits per heavy atom. The van der Waals surface area contributed by atoms with E-state index in [4.69, 9.17) is 0 Å². The average Bonchev–Trinajstić information content (AvgIpc) is 2.85. The second-order valence-electron chi connectivity index (χ2n) is 7.29. The molecule has 0 aliphatic rings. The smallest absolute Gasteiger partial charge is 0.330 e. The monoisotopic (exact) mass is 460 g/mol. The van der Waals surface area contributed by atoms with Crippen molar-refractivity contribution in [2.45, 2.75) is 13.3 Å². The normalized spacial score (nSPS) is 10.2. The summed E-state index contributed by atoms with van der Waals surface area (Å²) < 4.78 is 13.5. The van der Waals surface area contributed by atoms with Crippen LogP contribution in [0, 0.1) is 17.1 Å². The van der Waals surface area contributed by atoms with Gasteiger partial charge in [0.25, 0.3) is 0 Å². The summed E-state index contributed by atoms with van der Waals surface area (Å²) in [5.74, 6) is 0.0514. The van der Waals surface area contributed by atoms with E-state index in [2.05, 4.69) is 27.0 Å². The Hall–Kier alpha value is -4.45. The van der Waals surface area contributed by atoms with E-state index in [0.29, 0.717) is 41.3 Å². The molecule has 0 aliphatic heterocycles. The predicted molar refractivity (Wildman–Crippen MR) is 129 cm³/mol. The van der Waals surface area contributed by atoms with Gasteiger partial charge in [0.1, 0.15) is 5.82 Å². The van der Waals surface area contributed by atoms with Gasteiger partial charge < -0.3 is 16.0 Å². The van der Waals surface area contributed by atoms with Gasteiger partial charge in [-0.15, -0.1) is 0 Å². The van der Waals surface area contributed by atoms with Crippen LogP contribution in [-0.4, -0.2) is 42.1 Å². The maximum Gasteiger partial charge on any atom is 0.330 e. The predicted octanol–water partition coefficient (Wildman–Crippen LogP) is 4.61. The van der Waals surface area contributed by atoms with Crippen LogP contribution in [0.1, 0.15) is 18.1 Å². The molecule has 9 heteroatoms. The molecule has 0 bridgehead atoms. The Morgan fingerprint density at radius 3 is 2.59 bits per heavy atom. The lowest BCUT2D eigenvalue weighted by molar-refractivity contribution is 0.197. The molecular formula is C25H25FN6O2. The van der Waals surface area contributed by atoms with E-state index in [1.54, 1.807) is 43.3 Å². The van der Waals surface area contributed by atoms with Crippen molar-refractivity contribution in [3.05, 3.63) is 77.6 Å². The van der Waals surface area contributed by atoms with Gasteiger partial charge in [-0.2, -0.15) is 5.26 Å². The summed E-state index contributed by atoms with van der Waals surface area (Å²) in [5.41, 5.74) is 2.83. The van der Waals surface area contributed by atoms with E-state index in [1.165, 1.54) is 19.2 Å². The van der Waals surface area contributed by atoms with Gasteiger partial charge in [-0.05, 0) is 49.2 Å². The van der Waals surface area contributed by atoms with Crippen LogP contribution in [0.15, 0.2) is 60.7 Å². The third kappa shape index (κ3) is 5.86. The molecule has 0 saturated heterocycles. The van der Waals surface area contributed by atoms with Crippen molar-refractivity contribution < 1.29 is 14.0 Å². The van der Waals surface area contributed by atoms with Crippen LogP contribution in [-0.2, 0) is 6.42 Å². The van der Waals surface area contributed by atoms with Crippen molar-refractivity contribution in [3.63, 3.8) is 0 Å². The first-order valence-electron chi connectivity index (χ1n) is 10.8. The standard InChI is InChI=1S/C25H25FN6O2/c1-3-32(24(33)28-2)25(34)31-22-12-11-21(20-10-5-4-8-18(20)16-27)30-23(22)29-14-13-17-7-6-9-19(26)15-17/h4-12,15H,3,13-14H2,1-2H3,(H,28,33)(H,29,30)(H,31,34). The van der Waals surface area contributed by atoms with Crippen molar-refractivity contribution in [3.8, 4) is 17.3 Å². The number of nitriles is 1. The van der Waals surface area contributed by atoms with Crippen molar-refractivity contribution in [1.82, 2.24) is 15.2 Å². The number of hydrogen-bond acceptors (Lipinski definition) is 5. The maximum atomic E-state index is 13.5. The van der Waals surface area contributed by atoms with Crippen molar-refractivity contribution in [2.75, 3.05) is 30.8 Å². The molecule has 1 heterocycles. The van der Waals surface area contributed by atoms with Crippen LogP contribution in [0.2, 0.25) is 0 Å². The number of nitrogens with one attached hydrogen (secondary N) is 3. The van der Waals surface area contributed by atoms with Crippen molar-refractivity contribution >= 4 is 23.6 Å². The van der Waals surface area contributed by atoms with E-state index in [0.717, 1.165) is 10.5 Å². The van der Waals surface area contributed by atoms with Crippen LogP contribution >= 0.6 is 0 Å². The Bertz CT molecular complexity index is 1220. The fourth-order valence-electron chi connectivity index (χ4n) is 3.36. The molecule has 3 N–H and O–H groups in total. The second-order valence-corrected chi connectivity index (χ2v) is 7.29. The minimum atomic E-state index is -0.609. The van der Waals surface area contributed by atoms with Gasteiger partial charge in [0.05, 0.1) is 23.0 Å². The molecule has 4 amide bonds. The number of benzene rings is 2. The molecule has 3 rings (SSSR count). The Kier molecular flexibility index (Phi) is 8.13. The summed E-state index contributed by atoms with van der Waals surface area (Å²) in [6.45, 7) is 2.28. The zero-order valence-electron chi connectivity index (χ0n) is 18.9. The Morgan fingerprint density at radius 2 is 1.88 bits per heavy atom. The molecule has 34 heavy (non-hydrogen) atoms. The number of pyridine rings is 1. The van der Waals surface area contributed by atoms with E-state index in [9.17, 15) is 19.2 Å². The largest absolute Gasteiger partial charge is 0.368 e. The van der Waals surface area contributed by atoms with Gasteiger partial charge in [0.2, 0.25) is 0 Å². The highest BCUT2D eigenvalue weighted by Gasteiger charge is 2.20. The topological polar surface area (TPSA) is 110 Å². The number of anilines is 2. The number of hydrogen-bond donors (Lipinski definition) is 3. The highest BCUT2D eigenvalue weighted by atomic mass is 19.1. The Labute approximate surface area is 197 Å². The summed E-state index contributed by atoms with van der Waals surface area (Å²) in [4.78, 5) is 30.3. The maximum absolute atomic E-state index is 13.5. The number of rotatable bonds is 7. The highest BCUT2D eigenvalue weighted by molar-refractivity contribution is 6.02. The number of aromatic nitrogens is 1. The zero-order chi connectivity index (χ0) is 24.5. The Balaban J connectivity index is 1.90. The molecular weight excluding hydrogens is 435 g/mol. The van der Waals surface area contributed by atoms with E-state index in [-0.39, 0.29) is 12.4 Å². The minimum Gasteiger partial charge on any atom is -0.368 e. The average molecular weight is 461 g/mol. The number of halogens is 1. The van der Waals surface area contributed by atoms with Crippen molar-refractivity contribution in [2.24, 2.45) is 0 Å². The molecule has 0 spiro atoms. The fourth-order valence-corrected chi connectivity index (χ4v) is 3.36. The van der Waals surface area contributed by atoms with E-state index in [1.807, 2.05) is 12.1 Å². The SMILES string of the molecule is CCN(C(=O)NC)C(=O)Nc1ccc(-c2ccccc2C#N)nc1NCCc1cccc(F)c1. The second kappa shape index (κ2) is 11.4. The number of nitrogens with zero attached hydrogens (tertiary/aromatic N) is 3. The molecule has 0 unspecified atom stereocenters. The van der Waals surface area contributed by atoms with Gasteiger partial charge >= 0.3 is 12.1 Å². The molecule has 0 radical (unpaired) electrons. The molecule has 3 aromatic rings. The summed E-state index contributed by atoms with van der Waals surface area (Å²) in [6.07, 6.45) is 0.519. The highest BCUT2D eigenvalue weighted by Crippen LogP contribution is 2.28. The number of urea groups is 2. The van der Waals surface area contributed by atoms with Crippen LogP contribution < -0.4 is 16.0 Å². The van der Waals surface area contributed by atoms with E-state index >= 15 is 0 Å². The van der Waals surface area contributed by atoms with Crippen molar-refractivity contribution in [1.29, 1.82) is 5.26 Å². The van der Waals surface area contributed by atoms with Crippen LogP contribution in [0.3, 0.4) is 0 Å². The molecule has 174 valence electrons. The molecule has 0 fully saturated rings. The first-order chi connectivity index (χ1) is 16.5. The first-order valence-corrected chi connectivity index (χ1v) is 10.8. The lowest BCUT2D eigenvalue weighted by Crippen LogP contribution is -2.44. The summed E-state index contributed by atoms with van der Waals surface area (Å²) in [6, 6.07) is 17.8.